The van der Waals surface area contributed by atoms with Gasteiger partial charge in [0.05, 0.1) is 0 Å². The fourth-order valence-corrected chi connectivity index (χ4v) is 0.514. The van der Waals surface area contributed by atoms with Crippen molar-refractivity contribution in [1.82, 2.24) is 10.3 Å². The van der Waals surface area contributed by atoms with E-state index in [1.54, 1.807) is 17.4 Å². The van der Waals surface area contributed by atoms with Gasteiger partial charge in [-0.15, -0.1) is 0 Å². The van der Waals surface area contributed by atoms with Crippen molar-refractivity contribution in [1.29, 1.82) is 0 Å². The SMILES string of the molecule is C=C/C=C(\C)N(C)/N=C\NC. The molecular weight excluding hydrogens is 138 g/mol. The highest BCUT2D eigenvalue weighted by atomic mass is 15.4. The number of hydrogen-bond acceptors (Lipinski definition) is 2. The molecule has 1 N–H and O–H groups in total. The van der Waals surface area contributed by atoms with E-state index in [0.29, 0.717) is 0 Å². The molecule has 0 fully saturated rings. The summed E-state index contributed by atoms with van der Waals surface area (Å²) in [5.41, 5.74) is 1.05. The van der Waals surface area contributed by atoms with Gasteiger partial charge in [0.2, 0.25) is 0 Å². The molecule has 0 aliphatic carbocycles. The van der Waals surface area contributed by atoms with Crippen LogP contribution in [0.15, 0.2) is 29.5 Å². The van der Waals surface area contributed by atoms with Crippen LogP contribution >= 0.6 is 0 Å². The van der Waals surface area contributed by atoms with Crippen molar-refractivity contribution in [2.45, 2.75) is 6.92 Å². The average Bonchev–Trinajstić information content (AvgIpc) is 2.00. The van der Waals surface area contributed by atoms with Gasteiger partial charge in [0, 0.05) is 19.8 Å². The second-order valence-corrected chi connectivity index (χ2v) is 2.10. The first-order valence-corrected chi connectivity index (χ1v) is 3.45. The first-order valence-electron chi connectivity index (χ1n) is 3.45. The van der Waals surface area contributed by atoms with Gasteiger partial charge >= 0.3 is 0 Å². The lowest BCUT2D eigenvalue weighted by Gasteiger charge is -2.11. The van der Waals surface area contributed by atoms with Crippen LogP contribution in [-0.4, -0.2) is 25.4 Å². The Hall–Kier alpha value is -1.25. The highest BCUT2D eigenvalue weighted by molar-refractivity contribution is 5.53. The molecule has 3 nitrogen and oxygen atoms in total. The van der Waals surface area contributed by atoms with E-state index in [-0.39, 0.29) is 0 Å². The van der Waals surface area contributed by atoms with Gasteiger partial charge in [-0.1, -0.05) is 12.7 Å². The minimum Gasteiger partial charge on any atom is -0.378 e. The number of hydrazone groups is 1. The van der Waals surface area contributed by atoms with Gasteiger partial charge in [0.1, 0.15) is 6.34 Å². The van der Waals surface area contributed by atoms with E-state index in [1.165, 1.54) is 0 Å². The monoisotopic (exact) mass is 153 g/mol. The molecular formula is C8H15N3. The minimum absolute atomic E-state index is 1.05. The molecule has 3 heteroatoms. The maximum atomic E-state index is 4.04. The molecule has 62 valence electrons. The predicted octanol–water partition coefficient (Wildman–Crippen LogP) is 1.17. The lowest BCUT2D eigenvalue weighted by Crippen LogP contribution is -2.11. The molecule has 0 aromatic carbocycles. The lowest BCUT2D eigenvalue weighted by atomic mass is 10.4. The van der Waals surface area contributed by atoms with E-state index < -0.39 is 0 Å². The summed E-state index contributed by atoms with van der Waals surface area (Å²) in [5.74, 6) is 0. The molecule has 0 saturated carbocycles. The maximum absolute atomic E-state index is 4.04. The average molecular weight is 153 g/mol. The highest BCUT2D eigenvalue weighted by Gasteiger charge is 1.90. The second-order valence-electron chi connectivity index (χ2n) is 2.10. The molecule has 0 amide bonds. The number of nitrogens with zero attached hydrogens (tertiary/aromatic N) is 2. The van der Waals surface area contributed by atoms with Crippen molar-refractivity contribution in [3.05, 3.63) is 24.4 Å². The Morgan fingerprint density at radius 1 is 1.64 bits per heavy atom. The van der Waals surface area contributed by atoms with Gasteiger partial charge < -0.3 is 5.32 Å². The zero-order valence-corrected chi connectivity index (χ0v) is 7.33. The lowest BCUT2D eigenvalue weighted by molar-refractivity contribution is 0.448. The molecule has 0 saturated heterocycles. The maximum Gasteiger partial charge on any atom is 0.109 e. The Kier molecular flexibility index (Phi) is 4.90. The Labute approximate surface area is 68.1 Å². The fourth-order valence-electron chi connectivity index (χ4n) is 0.514. The van der Waals surface area contributed by atoms with Crippen molar-refractivity contribution in [3.8, 4) is 0 Å². The molecule has 0 aromatic heterocycles. The summed E-state index contributed by atoms with van der Waals surface area (Å²) in [7, 11) is 3.69. The van der Waals surface area contributed by atoms with Crippen LogP contribution in [0.25, 0.3) is 0 Å². The van der Waals surface area contributed by atoms with E-state index in [4.69, 9.17) is 0 Å². The van der Waals surface area contributed by atoms with Crippen molar-refractivity contribution in [3.63, 3.8) is 0 Å². The molecule has 0 aromatic rings. The summed E-state index contributed by atoms with van der Waals surface area (Å²) >= 11 is 0. The summed E-state index contributed by atoms with van der Waals surface area (Å²) in [5, 5.41) is 8.61. The quantitative estimate of drug-likeness (QED) is 0.284. The molecule has 0 bridgehead atoms. The highest BCUT2D eigenvalue weighted by Crippen LogP contribution is 1.98. The van der Waals surface area contributed by atoms with Crippen LogP contribution in [0, 0.1) is 0 Å². The van der Waals surface area contributed by atoms with Crippen molar-refractivity contribution >= 4 is 6.34 Å². The Bertz CT molecular complexity index is 170. The van der Waals surface area contributed by atoms with Crippen molar-refractivity contribution in [2.24, 2.45) is 5.10 Å². The van der Waals surface area contributed by atoms with Gasteiger partial charge in [-0.05, 0) is 13.0 Å². The van der Waals surface area contributed by atoms with Gasteiger partial charge in [0.15, 0.2) is 0 Å². The Balaban J connectivity index is 4.01. The number of hydrogen-bond donors (Lipinski definition) is 1. The van der Waals surface area contributed by atoms with Crippen LogP contribution in [-0.2, 0) is 0 Å². The van der Waals surface area contributed by atoms with Gasteiger partial charge in [-0.25, -0.2) is 0 Å². The molecule has 0 aliphatic rings. The fraction of sp³-hybridized carbons (Fsp3) is 0.375. The standard InChI is InChI=1S/C8H15N3/c1-5-6-8(2)11(4)10-7-9-3/h5-7H,1H2,2-4H3,(H,9,10)/b8-6+. The van der Waals surface area contributed by atoms with Crippen LogP contribution in [0.4, 0.5) is 0 Å². The third kappa shape index (κ3) is 4.19. The number of rotatable bonds is 4. The van der Waals surface area contributed by atoms with Gasteiger partial charge in [0.25, 0.3) is 0 Å². The minimum atomic E-state index is 1.05. The molecule has 11 heavy (non-hydrogen) atoms. The van der Waals surface area contributed by atoms with Crippen LogP contribution in [0.1, 0.15) is 6.92 Å². The van der Waals surface area contributed by atoms with E-state index in [2.05, 4.69) is 17.0 Å². The summed E-state index contributed by atoms with van der Waals surface area (Å²) in [6.07, 6.45) is 5.26. The van der Waals surface area contributed by atoms with Crippen LogP contribution < -0.4 is 5.32 Å². The predicted molar refractivity (Wildman–Crippen MR) is 49.3 cm³/mol. The molecule has 0 rings (SSSR count). The van der Waals surface area contributed by atoms with Crippen LogP contribution in [0.3, 0.4) is 0 Å². The number of nitrogens with one attached hydrogen (secondary N) is 1. The molecule has 0 heterocycles. The Morgan fingerprint density at radius 3 is 2.73 bits per heavy atom. The van der Waals surface area contributed by atoms with E-state index in [1.807, 2.05) is 27.1 Å². The first-order chi connectivity index (χ1) is 5.22. The summed E-state index contributed by atoms with van der Waals surface area (Å²) in [4.78, 5) is 0. The zero-order valence-electron chi connectivity index (χ0n) is 7.33. The summed E-state index contributed by atoms with van der Waals surface area (Å²) < 4.78 is 0. The summed E-state index contributed by atoms with van der Waals surface area (Å²) in [6.45, 7) is 5.56. The normalized spacial score (nSPS) is 11.7. The topological polar surface area (TPSA) is 27.6 Å². The molecule has 0 radical (unpaired) electrons. The Morgan fingerprint density at radius 2 is 2.27 bits per heavy atom. The molecule has 0 atom stereocenters. The largest absolute Gasteiger partial charge is 0.378 e. The third-order valence-electron chi connectivity index (χ3n) is 1.23. The van der Waals surface area contributed by atoms with E-state index >= 15 is 0 Å². The first kappa shape index (κ1) is 9.75. The second kappa shape index (κ2) is 5.53. The summed E-state index contributed by atoms with van der Waals surface area (Å²) in [6, 6.07) is 0. The van der Waals surface area contributed by atoms with Crippen molar-refractivity contribution < 1.29 is 0 Å². The molecule has 0 unspecified atom stereocenters. The third-order valence-corrected chi connectivity index (χ3v) is 1.23. The molecule has 0 spiro atoms. The zero-order chi connectivity index (χ0) is 8.69. The smallest absolute Gasteiger partial charge is 0.109 e. The van der Waals surface area contributed by atoms with Crippen LogP contribution in [0.2, 0.25) is 0 Å². The van der Waals surface area contributed by atoms with E-state index in [9.17, 15) is 0 Å². The van der Waals surface area contributed by atoms with Gasteiger partial charge in [-0.2, -0.15) is 5.10 Å². The molecule has 0 aliphatic heterocycles. The van der Waals surface area contributed by atoms with E-state index in [0.717, 1.165) is 5.70 Å². The van der Waals surface area contributed by atoms with Crippen molar-refractivity contribution in [2.75, 3.05) is 14.1 Å². The van der Waals surface area contributed by atoms with Gasteiger partial charge in [-0.3, -0.25) is 5.01 Å². The number of allylic oxidation sites excluding steroid dienone is 3. The van der Waals surface area contributed by atoms with Crippen LogP contribution in [0.5, 0.6) is 0 Å².